The molecule has 0 amide bonds. The van der Waals surface area contributed by atoms with Gasteiger partial charge in [0, 0.05) is 24.2 Å². The van der Waals surface area contributed by atoms with E-state index in [9.17, 15) is 9.18 Å². The van der Waals surface area contributed by atoms with Crippen molar-refractivity contribution >= 4 is 29.9 Å². The highest BCUT2D eigenvalue weighted by molar-refractivity contribution is 5.85. The van der Waals surface area contributed by atoms with Gasteiger partial charge in [-0.2, -0.15) is 14.3 Å². The van der Waals surface area contributed by atoms with Crippen molar-refractivity contribution in [2.45, 2.75) is 76.4 Å². The molecule has 3 aromatic rings. The van der Waals surface area contributed by atoms with Gasteiger partial charge >= 0.3 is 5.69 Å². The molecular weight excluding hydrogens is 504 g/mol. The molecule has 1 aliphatic heterocycles. The third-order valence-corrected chi connectivity index (χ3v) is 6.60. The second-order valence-corrected chi connectivity index (χ2v) is 11.1. The summed E-state index contributed by atoms with van der Waals surface area (Å²) in [5.74, 6) is -0.880. The van der Waals surface area contributed by atoms with Gasteiger partial charge in [0.25, 0.3) is 0 Å². The maximum atomic E-state index is 15.1. The Labute approximate surface area is 219 Å². The number of nitrogens with zero attached hydrogens (tertiary/aromatic N) is 6. The Balaban J connectivity index is 0.00000320. The molecule has 5 rings (SSSR count). The first-order valence-electron chi connectivity index (χ1n) is 12.1. The minimum Gasteiger partial charge on any atom is -0.365 e. The number of benzene rings is 1. The van der Waals surface area contributed by atoms with Crippen LogP contribution in [0.3, 0.4) is 0 Å². The predicted octanol–water partition coefficient (Wildman–Crippen LogP) is 3.80. The lowest BCUT2D eigenvalue weighted by molar-refractivity contribution is 0.170. The van der Waals surface area contributed by atoms with Gasteiger partial charge < -0.3 is 16.0 Å². The van der Waals surface area contributed by atoms with E-state index in [0.29, 0.717) is 11.3 Å². The fraction of sp³-hybridized carbons (Fsp3) is 0.542. The first-order valence-corrected chi connectivity index (χ1v) is 12.1. The van der Waals surface area contributed by atoms with Crippen molar-refractivity contribution in [3.05, 3.63) is 46.0 Å². The Hall–Kier alpha value is -3.12. The molecule has 200 valence electrons. The monoisotopic (exact) mass is 535 g/mol. The van der Waals surface area contributed by atoms with Crippen LogP contribution in [0.25, 0.3) is 5.69 Å². The smallest absolute Gasteiger partial charge is 0.365 e. The van der Waals surface area contributed by atoms with Crippen LogP contribution >= 0.6 is 12.4 Å². The number of aromatic nitrogens is 6. The van der Waals surface area contributed by atoms with Gasteiger partial charge in [-0.05, 0) is 87.4 Å². The summed E-state index contributed by atoms with van der Waals surface area (Å²) < 4.78 is 32.0. The van der Waals surface area contributed by atoms with Gasteiger partial charge in [-0.1, -0.05) is 0 Å². The quantitative estimate of drug-likeness (QED) is 0.437. The molecule has 0 bridgehead atoms. The van der Waals surface area contributed by atoms with Crippen LogP contribution in [-0.2, 0) is 7.05 Å². The Morgan fingerprint density at radius 2 is 1.73 bits per heavy atom. The van der Waals surface area contributed by atoms with Gasteiger partial charge in [-0.3, -0.25) is 0 Å². The maximum absolute atomic E-state index is 15.1. The minimum atomic E-state index is -0.592. The average molecular weight is 536 g/mol. The van der Waals surface area contributed by atoms with Crippen molar-refractivity contribution in [1.29, 1.82) is 0 Å². The van der Waals surface area contributed by atoms with Crippen LogP contribution in [0.5, 0.6) is 0 Å². The lowest BCUT2D eigenvalue weighted by atomic mass is 9.79. The van der Waals surface area contributed by atoms with Gasteiger partial charge in [0.05, 0.1) is 17.6 Å². The zero-order valence-electron chi connectivity index (χ0n) is 21.5. The van der Waals surface area contributed by atoms with Crippen molar-refractivity contribution in [1.82, 2.24) is 35.1 Å². The number of aryl methyl sites for hydroxylation is 1. The number of tetrazole rings is 1. The molecule has 3 N–H and O–H groups in total. The first-order chi connectivity index (χ1) is 16.9. The van der Waals surface area contributed by atoms with Crippen LogP contribution in [0.1, 0.15) is 64.9 Å². The highest BCUT2D eigenvalue weighted by Crippen LogP contribution is 2.44. The first kappa shape index (κ1) is 26.9. The van der Waals surface area contributed by atoms with E-state index in [1.165, 1.54) is 19.2 Å². The lowest BCUT2D eigenvalue weighted by Crippen LogP contribution is -2.60. The van der Waals surface area contributed by atoms with Crippen molar-refractivity contribution in [2.75, 3.05) is 10.6 Å². The van der Waals surface area contributed by atoms with E-state index in [1.54, 1.807) is 0 Å². The summed E-state index contributed by atoms with van der Waals surface area (Å²) in [6.45, 7) is 8.44. The van der Waals surface area contributed by atoms with E-state index in [1.807, 2.05) is 0 Å². The molecule has 1 aliphatic carbocycles. The van der Waals surface area contributed by atoms with Crippen LogP contribution in [0.2, 0.25) is 0 Å². The second kappa shape index (κ2) is 9.64. The van der Waals surface area contributed by atoms with Crippen LogP contribution in [-0.4, -0.2) is 46.9 Å². The zero-order valence-corrected chi connectivity index (χ0v) is 22.3. The molecule has 1 saturated heterocycles. The molecule has 0 unspecified atom stereocenters. The van der Waals surface area contributed by atoms with Crippen LogP contribution < -0.4 is 21.6 Å². The second-order valence-electron chi connectivity index (χ2n) is 11.1. The Kier molecular flexibility index (Phi) is 7.02. The summed E-state index contributed by atoms with van der Waals surface area (Å²) in [4.78, 5) is 20.8. The van der Waals surface area contributed by atoms with Crippen molar-refractivity contribution in [3.63, 3.8) is 0 Å². The summed E-state index contributed by atoms with van der Waals surface area (Å²) in [6.07, 6.45) is 4.43. The van der Waals surface area contributed by atoms with Crippen molar-refractivity contribution < 1.29 is 8.78 Å². The summed E-state index contributed by atoms with van der Waals surface area (Å²) in [7, 11) is 1.50. The van der Waals surface area contributed by atoms with E-state index < -0.39 is 17.3 Å². The molecule has 1 saturated carbocycles. The molecule has 2 aliphatic rings. The SMILES string of the molecule is Cl.Cn1nnn(-c2cc(Nc3ncc(F)c(NC4CC(C)(C)NC(C)(C)C4)n3)c(F)cc2C2CC2)c1=O. The lowest BCUT2D eigenvalue weighted by Gasteiger charge is -2.46. The van der Waals surface area contributed by atoms with E-state index in [0.717, 1.165) is 41.2 Å². The zero-order chi connectivity index (χ0) is 25.8. The number of nitrogens with one attached hydrogen (secondary N) is 3. The van der Waals surface area contributed by atoms with Gasteiger partial charge in [0.2, 0.25) is 5.95 Å². The van der Waals surface area contributed by atoms with Gasteiger partial charge in [0.15, 0.2) is 11.6 Å². The van der Waals surface area contributed by atoms with Gasteiger partial charge in [-0.25, -0.2) is 18.6 Å². The number of halogens is 3. The topological polar surface area (TPSA) is 115 Å². The number of hydrogen-bond donors (Lipinski definition) is 3. The normalized spacial score (nSPS) is 18.8. The summed E-state index contributed by atoms with van der Waals surface area (Å²) >= 11 is 0. The Morgan fingerprint density at radius 3 is 2.32 bits per heavy atom. The van der Waals surface area contributed by atoms with Crippen LogP contribution in [0, 0.1) is 11.6 Å². The van der Waals surface area contributed by atoms with Crippen molar-refractivity contribution in [2.24, 2.45) is 7.05 Å². The Bertz CT molecular complexity index is 1350. The molecular formula is C24H32ClF2N9O. The van der Waals surface area contributed by atoms with Crippen LogP contribution in [0.15, 0.2) is 23.1 Å². The van der Waals surface area contributed by atoms with Gasteiger partial charge in [0.1, 0.15) is 5.82 Å². The number of rotatable bonds is 6. The van der Waals surface area contributed by atoms with E-state index in [2.05, 4.69) is 64.0 Å². The molecule has 0 atom stereocenters. The van der Waals surface area contributed by atoms with E-state index in [4.69, 9.17) is 0 Å². The fourth-order valence-electron chi connectivity index (χ4n) is 5.31. The molecule has 3 heterocycles. The maximum Gasteiger partial charge on any atom is 0.368 e. The summed E-state index contributed by atoms with van der Waals surface area (Å²) in [6, 6.07) is 2.88. The molecule has 13 heteroatoms. The molecule has 0 radical (unpaired) electrons. The third kappa shape index (κ3) is 5.74. The van der Waals surface area contributed by atoms with Crippen molar-refractivity contribution in [3.8, 4) is 5.69 Å². The fourth-order valence-corrected chi connectivity index (χ4v) is 5.31. The third-order valence-electron chi connectivity index (χ3n) is 6.60. The van der Waals surface area contributed by atoms with E-state index in [-0.39, 0.29) is 52.9 Å². The summed E-state index contributed by atoms with van der Waals surface area (Å²) in [5, 5.41) is 17.3. The standard InChI is InChI=1S/C24H31F2N9O.ClH/c1-23(2)10-14(11-24(3,4)31-23)28-20-17(26)12-27-21(30-20)29-18-9-19(35-22(36)34(5)32-33-35)15(8-16(18)25)13-6-7-13;/h8-9,12-14,31H,6-7,10-11H2,1-5H3,(H2,27,28,29,30);1H. The molecule has 2 aromatic heterocycles. The minimum absolute atomic E-state index is 0. The molecule has 2 fully saturated rings. The van der Waals surface area contributed by atoms with E-state index >= 15 is 4.39 Å². The molecule has 0 spiro atoms. The number of hydrogen-bond acceptors (Lipinski definition) is 8. The molecule has 1 aromatic carbocycles. The number of piperidine rings is 1. The Morgan fingerprint density at radius 1 is 1.05 bits per heavy atom. The highest BCUT2D eigenvalue weighted by atomic mass is 35.5. The van der Waals surface area contributed by atoms with Gasteiger partial charge in [-0.15, -0.1) is 12.4 Å². The largest absolute Gasteiger partial charge is 0.368 e. The average Bonchev–Trinajstić information content (AvgIpc) is 3.55. The predicted molar refractivity (Wildman–Crippen MR) is 139 cm³/mol. The highest BCUT2D eigenvalue weighted by Gasteiger charge is 2.38. The summed E-state index contributed by atoms with van der Waals surface area (Å²) in [5.41, 5.74) is 0.481. The number of anilines is 3. The molecule has 10 nitrogen and oxygen atoms in total. The van der Waals surface area contributed by atoms with Crippen LogP contribution in [0.4, 0.5) is 26.2 Å². The molecule has 37 heavy (non-hydrogen) atoms.